The van der Waals surface area contributed by atoms with Crippen molar-refractivity contribution in [2.45, 2.75) is 12.8 Å². The Bertz CT molecular complexity index is 470. The zero-order valence-corrected chi connectivity index (χ0v) is 9.44. The SMILES string of the molecule is NCCCc1nc(-c2ccccc2Cl)no1. The molecule has 84 valence electrons. The maximum absolute atomic E-state index is 6.03. The molecule has 0 bridgehead atoms. The second-order valence-corrected chi connectivity index (χ2v) is 3.79. The molecule has 0 fully saturated rings. The Balaban J connectivity index is 2.22. The number of hydrogen-bond donors (Lipinski definition) is 1. The Hall–Kier alpha value is -1.39. The lowest BCUT2D eigenvalue weighted by Crippen LogP contribution is -2.00. The number of halogens is 1. The Morgan fingerprint density at radius 2 is 2.12 bits per heavy atom. The van der Waals surface area contributed by atoms with Crippen LogP contribution in [0.4, 0.5) is 0 Å². The van der Waals surface area contributed by atoms with Crippen LogP contribution in [0.3, 0.4) is 0 Å². The number of hydrogen-bond acceptors (Lipinski definition) is 4. The van der Waals surface area contributed by atoms with Crippen molar-refractivity contribution in [2.75, 3.05) is 6.54 Å². The maximum Gasteiger partial charge on any atom is 0.227 e. The summed E-state index contributed by atoms with van der Waals surface area (Å²) in [6.45, 7) is 0.615. The molecule has 2 aromatic rings. The molecule has 0 unspecified atom stereocenters. The van der Waals surface area contributed by atoms with E-state index >= 15 is 0 Å². The van der Waals surface area contributed by atoms with Crippen molar-refractivity contribution in [2.24, 2.45) is 5.73 Å². The van der Waals surface area contributed by atoms with Gasteiger partial charge in [-0.1, -0.05) is 28.9 Å². The summed E-state index contributed by atoms with van der Waals surface area (Å²) in [5.74, 6) is 1.12. The third kappa shape index (κ3) is 2.40. The molecule has 0 saturated heterocycles. The molecule has 2 rings (SSSR count). The van der Waals surface area contributed by atoms with Gasteiger partial charge in [0.2, 0.25) is 11.7 Å². The molecule has 0 aliphatic heterocycles. The van der Waals surface area contributed by atoms with E-state index in [4.69, 9.17) is 21.9 Å². The molecular formula is C11H12ClN3O. The molecular weight excluding hydrogens is 226 g/mol. The predicted octanol–water partition coefficient (Wildman–Crippen LogP) is 2.28. The van der Waals surface area contributed by atoms with Crippen LogP contribution in [0.25, 0.3) is 11.4 Å². The van der Waals surface area contributed by atoms with E-state index in [2.05, 4.69) is 10.1 Å². The molecule has 0 saturated carbocycles. The number of aryl methyl sites for hydroxylation is 1. The van der Waals surface area contributed by atoms with Gasteiger partial charge >= 0.3 is 0 Å². The summed E-state index contributed by atoms with van der Waals surface area (Å²) < 4.78 is 5.10. The smallest absolute Gasteiger partial charge is 0.227 e. The van der Waals surface area contributed by atoms with Crippen LogP contribution in [0.5, 0.6) is 0 Å². The third-order valence-corrected chi connectivity index (χ3v) is 2.51. The van der Waals surface area contributed by atoms with Crippen molar-refractivity contribution < 1.29 is 4.52 Å². The van der Waals surface area contributed by atoms with Crippen LogP contribution >= 0.6 is 11.6 Å². The number of nitrogens with zero attached hydrogens (tertiary/aromatic N) is 2. The summed E-state index contributed by atoms with van der Waals surface area (Å²) in [5.41, 5.74) is 6.19. The summed E-state index contributed by atoms with van der Waals surface area (Å²) >= 11 is 6.03. The number of benzene rings is 1. The molecule has 2 N–H and O–H groups in total. The molecule has 0 aliphatic rings. The fraction of sp³-hybridized carbons (Fsp3) is 0.273. The first-order valence-electron chi connectivity index (χ1n) is 5.09. The van der Waals surface area contributed by atoms with Gasteiger partial charge in [0.1, 0.15) is 0 Å². The van der Waals surface area contributed by atoms with Crippen LogP contribution in [0.2, 0.25) is 5.02 Å². The minimum absolute atomic E-state index is 0.526. The second kappa shape index (κ2) is 5.09. The summed E-state index contributed by atoms with van der Waals surface area (Å²) in [5, 5.41) is 4.51. The zero-order valence-electron chi connectivity index (χ0n) is 8.69. The Kier molecular flexibility index (Phi) is 3.54. The molecule has 1 aromatic heterocycles. The fourth-order valence-corrected chi connectivity index (χ4v) is 1.58. The van der Waals surface area contributed by atoms with E-state index in [0.29, 0.717) is 29.7 Å². The van der Waals surface area contributed by atoms with Crippen molar-refractivity contribution in [1.29, 1.82) is 0 Å². The molecule has 0 amide bonds. The minimum Gasteiger partial charge on any atom is -0.339 e. The van der Waals surface area contributed by atoms with Crippen molar-refractivity contribution >= 4 is 11.6 Å². The van der Waals surface area contributed by atoms with E-state index in [1.807, 2.05) is 18.2 Å². The van der Waals surface area contributed by atoms with Crippen LogP contribution in [-0.2, 0) is 6.42 Å². The van der Waals surface area contributed by atoms with Crippen LogP contribution < -0.4 is 5.73 Å². The number of aromatic nitrogens is 2. The predicted molar refractivity (Wildman–Crippen MR) is 62.1 cm³/mol. The molecule has 4 nitrogen and oxygen atoms in total. The van der Waals surface area contributed by atoms with Gasteiger partial charge < -0.3 is 10.3 Å². The monoisotopic (exact) mass is 237 g/mol. The van der Waals surface area contributed by atoms with Gasteiger partial charge in [0.25, 0.3) is 0 Å². The molecule has 0 atom stereocenters. The van der Waals surface area contributed by atoms with Crippen LogP contribution in [0, 0.1) is 0 Å². The van der Waals surface area contributed by atoms with Crippen molar-refractivity contribution in [3.63, 3.8) is 0 Å². The van der Waals surface area contributed by atoms with Crippen LogP contribution in [0.15, 0.2) is 28.8 Å². The van der Waals surface area contributed by atoms with Gasteiger partial charge in [0.15, 0.2) is 0 Å². The Morgan fingerprint density at radius 1 is 1.31 bits per heavy atom. The maximum atomic E-state index is 6.03. The molecule has 1 aromatic carbocycles. The molecule has 16 heavy (non-hydrogen) atoms. The van der Waals surface area contributed by atoms with Gasteiger partial charge in [-0.3, -0.25) is 0 Å². The normalized spacial score (nSPS) is 10.6. The van der Waals surface area contributed by atoms with Gasteiger partial charge in [-0.05, 0) is 25.1 Å². The zero-order chi connectivity index (χ0) is 11.4. The lowest BCUT2D eigenvalue weighted by Gasteiger charge is -1.95. The van der Waals surface area contributed by atoms with E-state index in [1.54, 1.807) is 6.07 Å². The van der Waals surface area contributed by atoms with E-state index in [0.717, 1.165) is 12.0 Å². The third-order valence-electron chi connectivity index (χ3n) is 2.18. The molecule has 0 radical (unpaired) electrons. The largest absolute Gasteiger partial charge is 0.339 e. The first kappa shape index (κ1) is 11.1. The topological polar surface area (TPSA) is 64.9 Å². The van der Waals surface area contributed by atoms with Crippen molar-refractivity contribution in [1.82, 2.24) is 10.1 Å². The van der Waals surface area contributed by atoms with Gasteiger partial charge in [-0.15, -0.1) is 0 Å². The number of rotatable bonds is 4. The second-order valence-electron chi connectivity index (χ2n) is 3.38. The van der Waals surface area contributed by atoms with Crippen molar-refractivity contribution in [3.05, 3.63) is 35.2 Å². The van der Waals surface area contributed by atoms with Gasteiger partial charge in [0, 0.05) is 12.0 Å². The summed E-state index contributed by atoms with van der Waals surface area (Å²) in [6, 6.07) is 7.41. The summed E-state index contributed by atoms with van der Waals surface area (Å²) in [6.07, 6.45) is 1.54. The highest BCUT2D eigenvalue weighted by Crippen LogP contribution is 2.24. The molecule has 5 heteroatoms. The van der Waals surface area contributed by atoms with E-state index < -0.39 is 0 Å². The van der Waals surface area contributed by atoms with E-state index in [-0.39, 0.29) is 0 Å². The van der Waals surface area contributed by atoms with Gasteiger partial charge in [0.05, 0.1) is 5.02 Å². The van der Waals surface area contributed by atoms with Crippen molar-refractivity contribution in [3.8, 4) is 11.4 Å². The highest BCUT2D eigenvalue weighted by molar-refractivity contribution is 6.33. The van der Waals surface area contributed by atoms with Crippen LogP contribution in [-0.4, -0.2) is 16.7 Å². The summed E-state index contributed by atoms with van der Waals surface area (Å²) in [4.78, 5) is 4.26. The van der Waals surface area contributed by atoms with Gasteiger partial charge in [-0.25, -0.2) is 0 Å². The Morgan fingerprint density at radius 3 is 2.88 bits per heavy atom. The van der Waals surface area contributed by atoms with Gasteiger partial charge in [-0.2, -0.15) is 4.98 Å². The lowest BCUT2D eigenvalue weighted by molar-refractivity contribution is 0.376. The van der Waals surface area contributed by atoms with Crippen LogP contribution in [0.1, 0.15) is 12.3 Å². The number of nitrogens with two attached hydrogens (primary N) is 1. The quantitative estimate of drug-likeness (QED) is 0.886. The molecule has 1 heterocycles. The minimum atomic E-state index is 0.526. The Labute approximate surface area is 98.4 Å². The first-order chi connectivity index (χ1) is 7.81. The summed E-state index contributed by atoms with van der Waals surface area (Å²) in [7, 11) is 0. The lowest BCUT2D eigenvalue weighted by atomic mass is 10.2. The highest BCUT2D eigenvalue weighted by Gasteiger charge is 2.10. The fourth-order valence-electron chi connectivity index (χ4n) is 1.36. The van der Waals surface area contributed by atoms with E-state index in [9.17, 15) is 0 Å². The first-order valence-corrected chi connectivity index (χ1v) is 5.46. The standard InChI is InChI=1S/C11H12ClN3O/c12-9-5-2-1-4-8(9)11-14-10(16-15-11)6-3-7-13/h1-2,4-5H,3,6-7,13H2. The molecule has 0 aliphatic carbocycles. The average Bonchev–Trinajstić information content (AvgIpc) is 2.75. The molecule has 0 spiro atoms. The highest BCUT2D eigenvalue weighted by atomic mass is 35.5. The average molecular weight is 238 g/mol. The van der Waals surface area contributed by atoms with E-state index in [1.165, 1.54) is 0 Å².